The summed E-state index contributed by atoms with van der Waals surface area (Å²) in [5.41, 5.74) is -1.97. The van der Waals surface area contributed by atoms with E-state index in [1.165, 1.54) is 12.1 Å². The molecule has 2 aliphatic carbocycles. The molecule has 3 nitrogen and oxygen atoms in total. The maximum atomic E-state index is 12.7. The minimum absolute atomic E-state index is 0.0526. The summed E-state index contributed by atoms with van der Waals surface area (Å²) in [7, 11) is 0. The number of carbonyl (C=O) groups excluding carboxylic acids is 2. The van der Waals surface area contributed by atoms with Gasteiger partial charge in [0.05, 0.1) is 5.56 Å². The molecule has 2 aliphatic rings. The van der Waals surface area contributed by atoms with Gasteiger partial charge in [-0.1, -0.05) is 13.8 Å². The summed E-state index contributed by atoms with van der Waals surface area (Å²) in [6, 6.07) is 4.28. The third kappa shape index (κ3) is 2.18. The summed E-state index contributed by atoms with van der Waals surface area (Å²) >= 11 is 0. The van der Waals surface area contributed by atoms with Gasteiger partial charge < -0.3 is 5.32 Å². The zero-order chi connectivity index (χ0) is 17.0. The normalized spacial score (nSPS) is 28.9. The lowest BCUT2D eigenvalue weighted by Gasteiger charge is -2.34. The molecule has 2 fully saturated rings. The van der Waals surface area contributed by atoms with E-state index in [2.05, 4.69) is 5.32 Å². The first-order valence-corrected chi connectivity index (χ1v) is 7.61. The van der Waals surface area contributed by atoms with Crippen molar-refractivity contribution in [1.82, 2.24) is 0 Å². The number of rotatable bonds is 2. The number of anilines is 1. The zero-order valence-corrected chi connectivity index (χ0v) is 13.0. The van der Waals surface area contributed by atoms with Crippen LogP contribution in [-0.4, -0.2) is 11.7 Å². The topological polar surface area (TPSA) is 46.2 Å². The summed E-state index contributed by atoms with van der Waals surface area (Å²) in [4.78, 5) is 25.1. The molecule has 0 aromatic heterocycles. The van der Waals surface area contributed by atoms with Gasteiger partial charge in [0, 0.05) is 12.1 Å². The molecule has 6 heteroatoms. The van der Waals surface area contributed by atoms with Gasteiger partial charge in [-0.3, -0.25) is 9.59 Å². The first-order valence-electron chi connectivity index (χ1n) is 7.61. The Morgan fingerprint density at radius 3 is 2.26 bits per heavy atom. The van der Waals surface area contributed by atoms with Crippen LogP contribution in [0.2, 0.25) is 0 Å². The fraction of sp³-hybridized carbons (Fsp3) is 0.529. The highest BCUT2D eigenvalue weighted by Gasteiger charge is 2.68. The second kappa shape index (κ2) is 4.82. The Morgan fingerprint density at radius 2 is 1.83 bits per heavy atom. The van der Waals surface area contributed by atoms with Crippen molar-refractivity contribution in [3.63, 3.8) is 0 Å². The molecule has 0 heterocycles. The highest BCUT2D eigenvalue weighted by Crippen LogP contribution is 2.64. The van der Waals surface area contributed by atoms with Crippen LogP contribution in [0.25, 0.3) is 0 Å². The van der Waals surface area contributed by atoms with Gasteiger partial charge in [-0.15, -0.1) is 0 Å². The van der Waals surface area contributed by atoms with E-state index in [1.807, 2.05) is 13.8 Å². The number of Topliss-reactive ketones (excluding diaryl/α,β-unsaturated/α-hetero) is 1. The molecule has 1 aromatic carbocycles. The molecule has 2 atom stereocenters. The highest BCUT2D eigenvalue weighted by atomic mass is 19.4. The molecule has 2 saturated carbocycles. The molecule has 23 heavy (non-hydrogen) atoms. The molecule has 2 bridgehead atoms. The molecule has 3 rings (SSSR count). The third-order valence-corrected chi connectivity index (χ3v) is 5.75. The van der Waals surface area contributed by atoms with Crippen LogP contribution in [0.15, 0.2) is 24.3 Å². The SMILES string of the molecule is CC1(C)C2CCC1(C(=O)Nc1ccc(C(F)(F)F)cc1)C(=O)C2. The van der Waals surface area contributed by atoms with E-state index in [9.17, 15) is 22.8 Å². The van der Waals surface area contributed by atoms with E-state index < -0.39 is 28.5 Å². The number of fused-ring (bicyclic) bond motifs is 2. The van der Waals surface area contributed by atoms with Crippen LogP contribution in [0.4, 0.5) is 18.9 Å². The van der Waals surface area contributed by atoms with Gasteiger partial charge in [0.25, 0.3) is 0 Å². The van der Waals surface area contributed by atoms with E-state index in [4.69, 9.17) is 0 Å². The molecule has 1 aromatic rings. The maximum absolute atomic E-state index is 12.7. The maximum Gasteiger partial charge on any atom is 0.416 e. The Kier molecular flexibility index (Phi) is 3.36. The third-order valence-electron chi connectivity index (χ3n) is 5.75. The van der Waals surface area contributed by atoms with Crippen molar-refractivity contribution in [3.8, 4) is 0 Å². The average molecular weight is 325 g/mol. The van der Waals surface area contributed by atoms with Crippen LogP contribution in [0.5, 0.6) is 0 Å². The molecule has 0 spiro atoms. The van der Waals surface area contributed by atoms with Crippen molar-refractivity contribution in [3.05, 3.63) is 29.8 Å². The van der Waals surface area contributed by atoms with Gasteiger partial charge >= 0.3 is 6.18 Å². The van der Waals surface area contributed by atoms with E-state index in [0.717, 1.165) is 18.6 Å². The van der Waals surface area contributed by atoms with Crippen LogP contribution in [-0.2, 0) is 15.8 Å². The van der Waals surface area contributed by atoms with E-state index in [1.54, 1.807) is 0 Å². The Bertz CT molecular complexity index is 663. The van der Waals surface area contributed by atoms with E-state index >= 15 is 0 Å². The molecule has 0 aliphatic heterocycles. The summed E-state index contributed by atoms with van der Waals surface area (Å²) in [5.74, 6) is -0.247. The van der Waals surface area contributed by atoms with Crippen LogP contribution < -0.4 is 5.32 Å². The van der Waals surface area contributed by atoms with Crippen LogP contribution >= 0.6 is 0 Å². The molecule has 0 radical (unpaired) electrons. The van der Waals surface area contributed by atoms with Crippen molar-refractivity contribution in [1.29, 1.82) is 0 Å². The number of amides is 1. The number of alkyl halides is 3. The molecule has 124 valence electrons. The number of benzene rings is 1. The lowest BCUT2D eigenvalue weighted by Crippen LogP contribution is -2.46. The lowest BCUT2D eigenvalue weighted by molar-refractivity contribution is -0.141. The standard InChI is InChI=1S/C17H18F3NO2/c1-15(2)11-7-8-16(15,13(22)9-11)14(23)21-12-5-3-10(4-6-12)17(18,19)20/h3-6,11H,7-9H2,1-2H3,(H,21,23). The molecule has 1 N–H and O–H groups in total. The second-order valence-electron chi connectivity index (χ2n) is 7.02. The Balaban J connectivity index is 1.84. The smallest absolute Gasteiger partial charge is 0.325 e. The van der Waals surface area contributed by atoms with Gasteiger partial charge in [0.1, 0.15) is 11.2 Å². The molecule has 2 unspecified atom stereocenters. The number of hydrogen-bond donors (Lipinski definition) is 1. The molecule has 1 amide bonds. The first kappa shape index (κ1) is 16.0. The fourth-order valence-electron chi connectivity index (χ4n) is 4.19. The van der Waals surface area contributed by atoms with Crippen molar-refractivity contribution >= 4 is 17.4 Å². The van der Waals surface area contributed by atoms with Crippen LogP contribution in [0, 0.1) is 16.7 Å². The van der Waals surface area contributed by atoms with Gasteiger partial charge in [0.2, 0.25) is 5.91 Å². The number of ketones is 1. The highest BCUT2D eigenvalue weighted by molar-refractivity contribution is 6.14. The quantitative estimate of drug-likeness (QED) is 0.834. The largest absolute Gasteiger partial charge is 0.416 e. The average Bonchev–Trinajstić information content (AvgIpc) is 2.81. The predicted molar refractivity (Wildman–Crippen MR) is 78.6 cm³/mol. The van der Waals surface area contributed by atoms with Crippen molar-refractivity contribution < 1.29 is 22.8 Å². The van der Waals surface area contributed by atoms with Gasteiger partial charge in [-0.25, -0.2) is 0 Å². The molecule has 0 saturated heterocycles. The minimum Gasteiger partial charge on any atom is -0.325 e. The number of nitrogens with one attached hydrogen (secondary N) is 1. The fourth-order valence-corrected chi connectivity index (χ4v) is 4.19. The molecular weight excluding hydrogens is 307 g/mol. The summed E-state index contributed by atoms with van der Waals surface area (Å²) in [6.07, 6.45) is -2.66. The summed E-state index contributed by atoms with van der Waals surface area (Å²) < 4.78 is 37.7. The zero-order valence-electron chi connectivity index (χ0n) is 13.0. The summed E-state index contributed by atoms with van der Waals surface area (Å²) in [6.45, 7) is 3.86. The van der Waals surface area contributed by atoms with Crippen molar-refractivity contribution in [2.75, 3.05) is 5.32 Å². The molecular formula is C17H18F3NO2. The Labute approximate surface area is 132 Å². The lowest BCUT2D eigenvalue weighted by atomic mass is 9.68. The number of carbonyl (C=O) groups is 2. The van der Waals surface area contributed by atoms with Gasteiger partial charge in [-0.2, -0.15) is 13.2 Å². The van der Waals surface area contributed by atoms with Gasteiger partial charge in [0.15, 0.2) is 0 Å². The van der Waals surface area contributed by atoms with Crippen LogP contribution in [0.1, 0.15) is 38.7 Å². The van der Waals surface area contributed by atoms with Crippen LogP contribution in [0.3, 0.4) is 0 Å². The summed E-state index contributed by atoms with van der Waals surface area (Å²) in [5, 5.41) is 2.64. The first-order chi connectivity index (χ1) is 10.6. The monoisotopic (exact) mass is 325 g/mol. The van der Waals surface area contributed by atoms with Crippen molar-refractivity contribution in [2.45, 2.75) is 39.3 Å². The van der Waals surface area contributed by atoms with Crippen molar-refractivity contribution in [2.24, 2.45) is 16.7 Å². The van der Waals surface area contributed by atoms with E-state index in [-0.39, 0.29) is 17.4 Å². The second-order valence-corrected chi connectivity index (χ2v) is 7.02. The number of halogens is 3. The predicted octanol–water partition coefficient (Wildman–Crippen LogP) is 4.04. The number of hydrogen-bond acceptors (Lipinski definition) is 2. The van der Waals surface area contributed by atoms with E-state index in [0.29, 0.717) is 12.8 Å². The Hall–Kier alpha value is -1.85. The minimum atomic E-state index is -4.41. The Morgan fingerprint density at radius 1 is 1.22 bits per heavy atom. The van der Waals surface area contributed by atoms with Gasteiger partial charge in [-0.05, 0) is 48.4 Å².